The van der Waals surface area contributed by atoms with Crippen LogP contribution in [0.4, 0.5) is 0 Å². The Morgan fingerprint density at radius 1 is 1.43 bits per heavy atom. The summed E-state index contributed by atoms with van der Waals surface area (Å²) in [5, 5.41) is 0. The molecule has 0 saturated carbocycles. The monoisotopic (exact) mass is 219 g/mol. The van der Waals surface area contributed by atoms with Gasteiger partial charge in [-0.05, 0) is 13.3 Å². The van der Waals surface area contributed by atoms with Crippen LogP contribution >= 0.6 is 11.6 Å². The number of hydrogen-bond acceptors (Lipinski definition) is 2. The zero-order chi connectivity index (χ0) is 10.8. The van der Waals surface area contributed by atoms with Crippen molar-refractivity contribution < 1.29 is 4.74 Å². The van der Waals surface area contributed by atoms with Gasteiger partial charge < -0.3 is 4.74 Å². The second-order valence-corrected chi connectivity index (χ2v) is 3.68. The van der Waals surface area contributed by atoms with Gasteiger partial charge in [-0.25, -0.2) is 0 Å². The van der Waals surface area contributed by atoms with Gasteiger partial charge in [0, 0.05) is 32.1 Å². The summed E-state index contributed by atoms with van der Waals surface area (Å²) in [6.45, 7) is 7.18. The predicted molar refractivity (Wildman–Crippen MR) is 63.1 cm³/mol. The molecule has 1 unspecified atom stereocenters. The highest BCUT2D eigenvalue weighted by Crippen LogP contribution is 2.03. The van der Waals surface area contributed by atoms with Crippen molar-refractivity contribution in [3.8, 4) is 0 Å². The van der Waals surface area contributed by atoms with Gasteiger partial charge in [-0.2, -0.15) is 0 Å². The lowest BCUT2D eigenvalue weighted by Gasteiger charge is -2.26. The third-order valence-corrected chi connectivity index (χ3v) is 2.57. The van der Waals surface area contributed by atoms with E-state index in [2.05, 4.69) is 24.8 Å². The highest BCUT2D eigenvalue weighted by Gasteiger charge is 2.09. The normalized spacial score (nSPS) is 14.1. The number of halogens is 1. The van der Waals surface area contributed by atoms with Gasteiger partial charge in [-0.15, -0.1) is 11.6 Å². The minimum Gasteiger partial charge on any atom is -0.383 e. The van der Waals surface area contributed by atoms with Gasteiger partial charge in [0.2, 0.25) is 0 Å². The molecule has 14 heavy (non-hydrogen) atoms. The van der Waals surface area contributed by atoms with E-state index < -0.39 is 0 Å². The molecule has 0 heterocycles. The fourth-order valence-electron chi connectivity index (χ4n) is 1.23. The maximum atomic E-state index is 5.57. The average molecular weight is 220 g/mol. The number of alkyl halides is 1. The van der Waals surface area contributed by atoms with Crippen molar-refractivity contribution in [1.82, 2.24) is 4.90 Å². The van der Waals surface area contributed by atoms with Crippen molar-refractivity contribution in [2.24, 2.45) is 0 Å². The Bertz CT molecular complexity index is 150. The maximum Gasteiger partial charge on any atom is 0.0589 e. The first kappa shape index (κ1) is 13.9. The topological polar surface area (TPSA) is 12.5 Å². The largest absolute Gasteiger partial charge is 0.383 e. The molecule has 0 aromatic heterocycles. The fourth-order valence-corrected chi connectivity index (χ4v) is 1.36. The van der Waals surface area contributed by atoms with Crippen LogP contribution < -0.4 is 0 Å². The summed E-state index contributed by atoms with van der Waals surface area (Å²) in [6.07, 6.45) is 5.27. The van der Waals surface area contributed by atoms with E-state index in [-0.39, 0.29) is 0 Å². The van der Waals surface area contributed by atoms with Crippen LogP contribution in [0.25, 0.3) is 0 Å². The Balaban J connectivity index is 3.89. The number of allylic oxidation sites excluding steroid dienone is 1. The quantitative estimate of drug-likeness (QED) is 0.460. The first-order valence-electron chi connectivity index (χ1n) is 5.20. The zero-order valence-corrected chi connectivity index (χ0v) is 10.3. The van der Waals surface area contributed by atoms with E-state index in [1.165, 1.54) is 6.42 Å². The lowest BCUT2D eigenvalue weighted by atomic mass is 10.2. The zero-order valence-electron chi connectivity index (χ0n) is 9.50. The van der Waals surface area contributed by atoms with Gasteiger partial charge in [0.05, 0.1) is 6.61 Å². The summed E-state index contributed by atoms with van der Waals surface area (Å²) in [6, 6.07) is 0.602. The van der Waals surface area contributed by atoms with Crippen molar-refractivity contribution in [2.45, 2.75) is 26.3 Å². The Morgan fingerprint density at radius 2 is 2.14 bits per heavy atom. The minimum absolute atomic E-state index is 0.596. The summed E-state index contributed by atoms with van der Waals surface area (Å²) in [4.78, 5) is 2.40. The molecule has 0 rings (SSSR count). The first-order chi connectivity index (χ1) is 6.76. The molecule has 3 heteroatoms. The van der Waals surface area contributed by atoms with Crippen molar-refractivity contribution >= 4 is 11.6 Å². The molecule has 0 aromatic carbocycles. The van der Waals surface area contributed by atoms with Crippen LogP contribution in [0, 0.1) is 0 Å². The van der Waals surface area contributed by atoms with Crippen LogP contribution in [0.5, 0.6) is 0 Å². The summed E-state index contributed by atoms with van der Waals surface area (Å²) in [5.74, 6) is 0.596. The number of methoxy groups -OCH3 is 1. The molecule has 0 spiro atoms. The van der Waals surface area contributed by atoms with E-state index in [4.69, 9.17) is 16.3 Å². The van der Waals surface area contributed by atoms with Crippen LogP contribution in [0.2, 0.25) is 0 Å². The lowest BCUT2D eigenvalue weighted by Crippen LogP contribution is -2.35. The Hall–Kier alpha value is -0.0500. The molecule has 0 aliphatic heterocycles. The number of ether oxygens (including phenoxy) is 1. The molecule has 0 aliphatic rings. The molecule has 0 aliphatic carbocycles. The van der Waals surface area contributed by atoms with Crippen LogP contribution in [-0.4, -0.2) is 43.6 Å². The average Bonchev–Trinajstić information content (AvgIpc) is 2.22. The highest BCUT2D eigenvalue weighted by atomic mass is 35.5. The van der Waals surface area contributed by atoms with E-state index in [1.54, 1.807) is 7.11 Å². The van der Waals surface area contributed by atoms with Crippen LogP contribution in [0.15, 0.2) is 12.2 Å². The molecule has 0 amide bonds. The summed E-state index contributed by atoms with van der Waals surface area (Å²) >= 11 is 5.57. The van der Waals surface area contributed by atoms with Crippen molar-refractivity contribution in [3.05, 3.63) is 12.2 Å². The molecule has 0 saturated heterocycles. The maximum absolute atomic E-state index is 5.57. The van der Waals surface area contributed by atoms with Gasteiger partial charge in [-0.3, -0.25) is 4.90 Å². The second-order valence-electron chi connectivity index (χ2n) is 3.37. The standard InChI is InChI=1S/C11H22ClNO/c1-4-11(2)13(9-10-14-3)8-6-5-7-12/h5-6,11H,4,7-10H2,1-3H3. The number of nitrogens with zero attached hydrogens (tertiary/aromatic N) is 1. The van der Waals surface area contributed by atoms with Crippen molar-refractivity contribution in [2.75, 3.05) is 32.7 Å². The molecule has 1 atom stereocenters. The Morgan fingerprint density at radius 3 is 2.64 bits per heavy atom. The highest BCUT2D eigenvalue weighted by molar-refractivity contribution is 6.18. The molecule has 84 valence electrons. The molecule has 0 radical (unpaired) electrons. The predicted octanol–water partition coefficient (Wildman–Crippen LogP) is 2.53. The smallest absolute Gasteiger partial charge is 0.0589 e. The summed E-state index contributed by atoms with van der Waals surface area (Å²) in [7, 11) is 1.74. The SMILES string of the molecule is CCC(C)N(CC=CCCl)CCOC. The van der Waals surface area contributed by atoms with Gasteiger partial charge in [0.25, 0.3) is 0 Å². The summed E-state index contributed by atoms with van der Waals surface area (Å²) in [5.41, 5.74) is 0. The first-order valence-corrected chi connectivity index (χ1v) is 5.73. The van der Waals surface area contributed by atoms with Gasteiger partial charge in [-0.1, -0.05) is 19.1 Å². The third kappa shape index (κ3) is 6.41. The molecule has 0 aromatic rings. The molecule has 0 bridgehead atoms. The summed E-state index contributed by atoms with van der Waals surface area (Å²) < 4.78 is 5.08. The fraction of sp³-hybridized carbons (Fsp3) is 0.818. The molecular formula is C11H22ClNO. The van der Waals surface area contributed by atoms with E-state index >= 15 is 0 Å². The number of hydrogen-bond donors (Lipinski definition) is 0. The van der Waals surface area contributed by atoms with E-state index in [0.29, 0.717) is 11.9 Å². The van der Waals surface area contributed by atoms with Gasteiger partial charge >= 0.3 is 0 Å². The van der Waals surface area contributed by atoms with Crippen molar-refractivity contribution in [3.63, 3.8) is 0 Å². The molecule has 0 N–H and O–H groups in total. The molecule has 2 nitrogen and oxygen atoms in total. The Labute approximate surface area is 92.9 Å². The van der Waals surface area contributed by atoms with E-state index in [1.807, 2.05) is 6.08 Å². The van der Waals surface area contributed by atoms with Crippen LogP contribution in [0.3, 0.4) is 0 Å². The van der Waals surface area contributed by atoms with Gasteiger partial charge in [0.1, 0.15) is 0 Å². The number of rotatable bonds is 8. The molecular weight excluding hydrogens is 198 g/mol. The Kier molecular flexibility index (Phi) is 9.47. The minimum atomic E-state index is 0.596. The van der Waals surface area contributed by atoms with E-state index in [0.717, 1.165) is 19.7 Å². The van der Waals surface area contributed by atoms with Crippen molar-refractivity contribution in [1.29, 1.82) is 0 Å². The molecule has 0 fully saturated rings. The van der Waals surface area contributed by atoms with Crippen LogP contribution in [0.1, 0.15) is 20.3 Å². The van der Waals surface area contributed by atoms with Crippen LogP contribution in [-0.2, 0) is 4.74 Å². The second kappa shape index (κ2) is 9.50. The lowest BCUT2D eigenvalue weighted by molar-refractivity contribution is 0.132. The van der Waals surface area contributed by atoms with E-state index in [9.17, 15) is 0 Å². The van der Waals surface area contributed by atoms with Gasteiger partial charge in [0.15, 0.2) is 0 Å². The third-order valence-electron chi connectivity index (χ3n) is 2.39.